The molecule has 1 aliphatic rings. The molecule has 19 heavy (non-hydrogen) atoms. The van der Waals surface area contributed by atoms with E-state index in [-0.39, 0.29) is 0 Å². The van der Waals surface area contributed by atoms with Crippen molar-refractivity contribution < 1.29 is 4.74 Å². The summed E-state index contributed by atoms with van der Waals surface area (Å²) in [4.78, 5) is 0. The molecular formula is C16H24BrNO. The Morgan fingerprint density at radius 2 is 2.00 bits per heavy atom. The number of halogens is 1. The molecule has 0 aliphatic heterocycles. The zero-order valence-electron chi connectivity index (χ0n) is 12.3. The number of benzene rings is 1. The van der Waals surface area contributed by atoms with Gasteiger partial charge in [-0.25, -0.2) is 0 Å². The summed E-state index contributed by atoms with van der Waals surface area (Å²) < 4.78 is 6.59. The van der Waals surface area contributed by atoms with E-state index in [1.807, 2.05) is 6.07 Å². The Morgan fingerprint density at radius 3 is 2.68 bits per heavy atom. The Bertz CT molecular complexity index is 447. The highest BCUT2D eigenvalue weighted by atomic mass is 79.9. The van der Waals surface area contributed by atoms with Gasteiger partial charge in [0.2, 0.25) is 0 Å². The van der Waals surface area contributed by atoms with E-state index in [1.165, 1.54) is 24.8 Å². The largest absolute Gasteiger partial charge is 0.495 e. The van der Waals surface area contributed by atoms with Crippen LogP contribution in [-0.2, 0) is 0 Å². The van der Waals surface area contributed by atoms with Crippen LogP contribution in [0.25, 0.3) is 0 Å². The minimum Gasteiger partial charge on any atom is -0.495 e. The molecule has 0 amide bonds. The first-order valence-electron chi connectivity index (χ1n) is 7.13. The van der Waals surface area contributed by atoms with Gasteiger partial charge in [-0.1, -0.05) is 42.6 Å². The molecule has 0 aromatic heterocycles. The molecule has 0 radical (unpaired) electrons. The first-order chi connectivity index (χ1) is 9.02. The van der Waals surface area contributed by atoms with E-state index in [0.717, 1.165) is 21.8 Å². The monoisotopic (exact) mass is 325 g/mol. The number of ether oxygens (including phenoxy) is 1. The van der Waals surface area contributed by atoms with E-state index in [2.05, 4.69) is 48.1 Å². The van der Waals surface area contributed by atoms with Crippen molar-refractivity contribution in [3.63, 3.8) is 0 Å². The van der Waals surface area contributed by atoms with E-state index in [0.29, 0.717) is 12.0 Å². The van der Waals surface area contributed by atoms with E-state index in [4.69, 9.17) is 4.74 Å². The fraction of sp³-hybridized carbons (Fsp3) is 0.625. The van der Waals surface area contributed by atoms with E-state index >= 15 is 0 Å². The smallest absolute Gasteiger partial charge is 0.143 e. The van der Waals surface area contributed by atoms with Gasteiger partial charge in [0.25, 0.3) is 0 Å². The average molecular weight is 326 g/mol. The molecule has 0 spiro atoms. The average Bonchev–Trinajstić information content (AvgIpc) is 2.37. The summed E-state index contributed by atoms with van der Waals surface area (Å²) in [5.41, 5.74) is 2.38. The van der Waals surface area contributed by atoms with Crippen molar-refractivity contribution in [2.75, 3.05) is 12.4 Å². The van der Waals surface area contributed by atoms with Crippen molar-refractivity contribution in [3.8, 4) is 5.75 Å². The molecule has 1 aromatic rings. The molecule has 1 N–H and O–H groups in total. The van der Waals surface area contributed by atoms with Crippen LogP contribution >= 0.6 is 15.9 Å². The molecule has 0 heterocycles. The van der Waals surface area contributed by atoms with Crippen LogP contribution in [-0.4, -0.2) is 13.2 Å². The normalized spacial score (nSPS) is 27.1. The molecule has 1 fully saturated rings. The molecule has 1 saturated carbocycles. The summed E-state index contributed by atoms with van der Waals surface area (Å²) in [5, 5.41) is 3.73. The van der Waals surface area contributed by atoms with Crippen LogP contribution in [0.4, 0.5) is 5.69 Å². The molecule has 3 unspecified atom stereocenters. The zero-order chi connectivity index (χ0) is 14.0. The summed E-state index contributed by atoms with van der Waals surface area (Å²) in [5.74, 6) is 2.44. The van der Waals surface area contributed by atoms with Crippen molar-refractivity contribution in [2.24, 2.45) is 11.8 Å². The Kier molecular flexibility index (Phi) is 4.77. The van der Waals surface area contributed by atoms with Crippen LogP contribution in [0.2, 0.25) is 0 Å². The minimum absolute atomic E-state index is 0.553. The molecule has 0 bridgehead atoms. The van der Waals surface area contributed by atoms with Crippen LogP contribution in [0.5, 0.6) is 5.75 Å². The Morgan fingerprint density at radius 1 is 1.26 bits per heavy atom. The lowest BCUT2D eigenvalue weighted by molar-refractivity contribution is 0.252. The van der Waals surface area contributed by atoms with E-state index < -0.39 is 0 Å². The Balaban J connectivity index is 2.23. The van der Waals surface area contributed by atoms with Gasteiger partial charge in [-0.05, 0) is 42.9 Å². The topological polar surface area (TPSA) is 21.3 Å². The fourth-order valence-corrected chi connectivity index (χ4v) is 3.58. The lowest BCUT2D eigenvalue weighted by atomic mass is 9.78. The predicted octanol–water partition coefficient (Wildman–Crippen LogP) is 5.00. The van der Waals surface area contributed by atoms with Crippen molar-refractivity contribution in [2.45, 2.75) is 46.1 Å². The van der Waals surface area contributed by atoms with Gasteiger partial charge in [0.05, 0.1) is 12.8 Å². The van der Waals surface area contributed by atoms with Gasteiger partial charge in [0.1, 0.15) is 5.75 Å². The second kappa shape index (κ2) is 6.17. The van der Waals surface area contributed by atoms with Crippen LogP contribution < -0.4 is 10.1 Å². The molecule has 2 rings (SSSR count). The molecule has 0 saturated heterocycles. The van der Waals surface area contributed by atoms with Crippen molar-refractivity contribution in [3.05, 3.63) is 22.2 Å². The summed E-state index contributed by atoms with van der Waals surface area (Å²) in [6, 6.07) is 4.73. The summed E-state index contributed by atoms with van der Waals surface area (Å²) >= 11 is 3.53. The van der Waals surface area contributed by atoms with Crippen molar-refractivity contribution in [1.82, 2.24) is 0 Å². The van der Waals surface area contributed by atoms with Crippen molar-refractivity contribution >= 4 is 21.6 Å². The van der Waals surface area contributed by atoms with Crippen LogP contribution in [0.3, 0.4) is 0 Å². The van der Waals surface area contributed by atoms with Crippen LogP contribution in [0.15, 0.2) is 16.6 Å². The van der Waals surface area contributed by atoms with Gasteiger partial charge in [0.15, 0.2) is 0 Å². The number of aryl methyl sites for hydroxylation is 1. The number of anilines is 1. The SMILES string of the molecule is COc1cc(Br)cc(C)c1NC1CCCC(C)C1C. The maximum Gasteiger partial charge on any atom is 0.143 e. The molecule has 3 heteroatoms. The molecule has 3 atom stereocenters. The number of rotatable bonds is 3. The molecule has 2 nitrogen and oxygen atoms in total. The van der Waals surface area contributed by atoms with Gasteiger partial charge in [-0.3, -0.25) is 0 Å². The third kappa shape index (κ3) is 3.25. The maximum atomic E-state index is 5.52. The number of methoxy groups -OCH3 is 1. The quantitative estimate of drug-likeness (QED) is 0.844. The molecule has 1 aliphatic carbocycles. The molecule has 1 aromatic carbocycles. The van der Waals surface area contributed by atoms with Gasteiger partial charge in [0, 0.05) is 10.5 Å². The van der Waals surface area contributed by atoms with Crippen LogP contribution in [0, 0.1) is 18.8 Å². The second-order valence-corrected chi connectivity index (χ2v) is 6.73. The minimum atomic E-state index is 0.553. The number of nitrogens with one attached hydrogen (secondary N) is 1. The zero-order valence-corrected chi connectivity index (χ0v) is 13.9. The predicted molar refractivity (Wildman–Crippen MR) is 85.0 cm³/mol. The van der Waals surface area contributed by atoms with Crippen molar-refractivity contribution in [1.29, 1.82) is 0 Å². The number of hydrogen-bond donors (Lipinski definition) is 1. The van der Waals surface area contributed by atoms with E-state index in [9.17, 15) is 0 Å². The maximum absolute atomic E-state index is 5.52. The summed E-state index contributed by atoms with van der Waals surface area (Å²) in [6.07, 6.45) is 3.93. The molecular weight excluding hydrogens is 302 g/mol. The first-order valence-corrected chi connectivity index (χ1v) is 7.93. The van der Waals surface area contributed by atoms with Gasteiger partial charge in [-0.15, -0.1) is 0 Å². The lowest BCUT2D eigenvalue weighted by Gasteiger charge is -2.36. The second-order valence-electron chi connectivity index (χ2n) is 5.82. The third-order valence-electron chi connectivity index (χ3n) is 4.52. The highest BCUT2D eigenvalue weighted by molar-refractivity contribution is 9.10. The van der Waals surface area contributed by atoms with Gasteiger partial charge < -0.3 is 10.1 Å². The Labute approximate surface area is 125 Å². The summed E-state index contributed by atoms with van der Waals surface area (Å²) in [7, 11) is 1.74. The van der Waals surface area contributed by atoms with Crippen LogP contribution in [0.1, 0.15) is 38.7 Å². The summed E-state index contributed by atoms with van der Waals surface area (Å²) in [6.45, 7) is 6.86. The van der Waals surface area contributed by atoms with Gasteiger partial charge in [-0.2, -0.15) is 0 Å². The van der Waals surface area contributed by atoms with E-state index in [1.54, 1.807) is 7.11 Å². The third-order valence-corrected chi connectivity index (χ3v) is 4.98. The lowest BCUT2D eigenvalue weighted by Crippen LogP contribution is -2.35. The molecule has 106 valence electrons. The van der Waals surface area contributed by atoms with Gasteiger partial charge >= 0.3 is 0 Å². The first kappa shape index (κ1) is 14.7. The standard InChI is InChI=1S/C16H24BrNO/c1-10-6-5-7-14(12(10)3)18-16-11(2)8-13(17)9-15(16)19-4/h8-10,12,14,18H,5-7H2,1-4H3. The highest BCUT2D eigenvalue weighted by Gasteiger charge is 2.27. The fourth-order valence-electron chi connectivity index (χ4n) is 3.03. The Hall–Kier alpha value is -0.700. The number of hydrogen-bond acceptors (Lipinski definition) is 2. The highest BCUT2D eigenvalue weighted by Crippen LogP contribution is 2.37.